The molecule has 0 saturated heterocycles. The molecule has 0 aliphatic heterocycles. The summed E-state index contributed by atoms with van der Waals surface area (Å²) < 4.78 is 0. The van der Waals surface area contributed by atoms with E-state index in [0.29, 0.717) is 11.5 Å². The molecule has 0 atom stereocenters. The Morgan fingerprint density at radius 1 is 1.44 bits per heavy atom. The largest absolute Gasteiger partial charge is 0.294 e. The number of hydrogen-bond donors (Lipinski definition) is 1. The second kappa shape index (κ2) is 4.08. The first-order valence-electron chi connectivity index (χ1n) is 5.56. The van der Waals surface area contributed by atoms with Gasteiger partial charge in [0.2, 0.25) is 0 Å². The summed E-state index contributed by atoms with van der Waals surface area (Å²) >= 11 is 0. The number of carbonyl (C=O) groups excluding carboxylic acids is 1. The minimum Gasteiger partial charge on any atom is -0.294 e. The molecule has 1 aromatic carbocycles. The first-order valence-corrected chi connectivity index (χ1v) is 5.56. The van der Waals surface area contributed by atoms with E-state index in [9.17, 15) is 4.79 Å². The second-order valence-corrected chi connectivity index (χ2v) is 4.56. The summed E-state index contributed by atoms with van der Waals surface area (Å²) in [4.78, 5) is 11.4. The van der Waals surface area contributed by atoms with Crippen molar-refractivity contribution in [2.75, 3.05) is 0 Å². The van der Waals surface area contributed by atoms with Gasteiger partial charge in [-0.05, 0) is 25.3 Å². The van der Waals surface area contributed by atoms with Gasteiger partial charge in [-0.1, -0.05) is 26.0 Å². The highest BCUT2D eigenvalue weighted by atomic mass is 16.1. The maximum absolute atomic E-state index is 11.4. The maximum Gasteiger partial charge on any atom is 0.162 e. The monoisotopic (exact) mass is 216 g/mol. The molecule has 0 aliphatic carbocycles. The van der Waals surface area contributed by atoms with Gasteiger partial charge in [0.1, 0.15) is 5.52 Å². The molecule has 0 aliphatic rings. The molecule has 0 radical (unpaired) electrons. The molecule has 0 saturated carbocycles. The van der Waals surface area contributed by atoms with Crippen LogP contribution in [0.3, 0.4) is 0 Å². The molecule has 1 heterocycles. The van der Waals surface area contributed by atoms with Gasteiger partial charge in [0.25, 0.3) is 0 Å². The number of fused-ring (bicyclic) bond motifs is 1. The molecule has 3 nitrogen and oxygen atoms in total. The van der Waals surface area contributed by atoms with Gasteiger partial charge in [0, 0.05) is 16.6 Å². The van der Waals surface area contributed by atoms with Crippen LogP contribution in [0.4, 0.5) is 0 Å². The number of aromatic amines is 1. The number of para-hydroxylation sites is 1. The van der Waals surface area contributed by atoms with Crippen molar-refractivity contribution in [2.24, 2.45) is 5.92 Å². The Morgan fingerprint density at radius 3 is 2.81 bits per heavy atom. The van der Waals surface area contributed by atoms with Crippen molar-refractivity contribution in [1.29, 1.82) is 0 Å². The number of aromatic nitrogens is 2. The van der Waals surface area contributed by atoms with Crippen LogP contribution in [0, 0.1) is 5.92 Å². The van der Waals surface area contributed by atoms with Crippen LogP contribution < -0.4 is 0 Å². The number of rotatable bonds is 3. The molecule has 3 heteroatoms. The summed E-state index contributed by atoms with van der Waals surface area (Å²) in [5.74, 6) is 0.637. The van der Waals surface area contributed by atoms with Crippen LogP contribution >= 0.6 is 0 Å². The zero-order chi connectivity index (χ0) is 11.7. The van der Waals surface area contributed by atoms with Gasteiger partial charge in [-0.3, -0.25) is 9.89 Å². The summed E-state index contributed by atoms with van der Waals surface area (Å²) in [5, 5.41) is 8.36. The highest BCUT2D eigenvalue weighted by Crippen LogP contribution is 2.22. The number of Topliss-reactive ketones (excluding diaryl/α,β-unsaturated/α-hetero) is 1. The molecule has 0 amide bonds. The number of H-pyrrole nitrogens is 1. The lowest BCUT2D eigenvalue weighted by Crippen LogP contribution is -1.95. The van der Waals surface area contributed by atoms with E-state index < -0.39 is 0 Å². The van der Waals surface area contributed by atoms with Crippen molar-refractivity contribution in [3.05, 3.63) is 29.5 Å². The van der Waals surface area contributed by atoms with Crippen molar-refractivity contribution in [1.82, 2.24) is 10.2 Å². The molecule has 2 rings (SSSR count). The maximum atomic E-state index is 11.4. The molecule has 2 aromatic rings. The van der Waals surface area contributed by atoms with E-state index in [1.807, 2.05) is 18.2 Å². The Bertz CT molecular complexity index is 526. The lowest BCUT2D eigenvalue weighted by atomic mass is 10.0. The Balaban J connectivity index is 2.57. The Labute approximate surface area is 94.9 Å². The average molecular weight is 216 g/mol. The molecule has 1 N–H and O–H groups in total. The van der Waals surface area contributed by atoms with Gasteiger partial charge in [-0.2, -0.15) is 5.10 Å². The summed E-state index contributed by atoms with van der Waals surface area (Å²) in [7, 11) is 0. The highest BCUT2D eigenvalue weighted by molar-refractivity contribution is 6.05. The molecule has 16 heavy (non-hydrogen) atoms. The van der Waals surface area contributed by atoms with Gasteiger partial charge in [-0.15, -0.1) is 0 Å². The van der Waals surface area contributed by atoms with E-state index in [-0.39, 0.29) is 5.78 Å². The summed E-state index contributed by atoms with van der Waals surface area (Å²) in [6.07, 6.45) is 0.956. The predicted octanol–water partition coefficient (Wildman–Crippen LogP) is 2.96. The zero-order valence-electron chi connectivity index (χ0n) is 9.87. The van der Waals surface area contributed by atoms with Crippen LogP contribution in [0.1, 0.15) is 36.8 Å². The first-order chi connectivity index (χ1) is 7.59. The number of benzene rings is 1. The number of ketones is 1. The fourth-order valence-electron chi connectivity index (χ4n) is 1.94. The Kier molecular flexibility index (Phi) is 2.77. The van der Waals surface area contributed by atoms with E-state index in [0.717, 1.165) is 23.0 Å². The van der Waals surface area contributed by atoms with Crippen LogP contribution in [-0.2, 0) is 6.42 Å². The lowest BCUT2D eigenvalue weighted by Gasteiger charge is -2.02. The van der Waals surface area contributed by atoms with Gasteiger partial charge in [0.15, 0.2) is 5.78 Å². The molecular weight excluding hydrogens is 200 g/mol. The Morgan fingerprint density at radius 2 is 2.19 bits per heavy atom. The molecule has 0 fully saturated rings. The van der Waals surface area contributed by atoms with E-state index in [4.69, 9.17) is 0 Å². The third-order valence-corrected chi connectivity index (χ3v) is 2.66. The van der Waals surface area contributed by atoms with Crippen molar-refractivity contribution >= 4 is 16.7 Å². The van der Waals surface area contributed by atoms with E-state index in [1.54, 1.807) is 6.92 Å². The number of nitrogens with zero attached hydrogens (tertiary/aromatic N) is 1. The molecule has 0 spiro atoms. The number of hydrogen-bond acceptors (Lipinski definition) is 2. The molecule has 1 aromatic heterocycles. The second-order valence-electron chi connectivity index (χ2n) is 4.56. The molecular formula is C13H16N2O. The first kappa shape index (κ1) is 10.9. The van der Waals surface area contributed by atoms with Crippen molar-refractivity contribution in [3.63, 3.8) is 0 Å². The smallest absolute Gasteiger partial charge is 0.162 e. The van der Waals surface area contributed by atoms with Gasteiger partial charge >= 0.3 is 0 Å². The highest BCUT2D eigenvalue weighted by Gasteiger charge is 2.12. The third-order valence-electron chi connectivity index (χ3n) is 2.66. The van der Waals surface area contributed by atoms with E-state index >= 15 is 0 Å². The molecule has 84 valence electrons. The topological polar surface area (TPSA) is 45.8 Å². The van der Waals surface area contributed by atoms with Gasteiger partial charge < -0.3 is 0 Å². The van der Waals surface area contributed by atoms with Crippen LogP contribution in [0.5, 0.6) is 0 Å². The third kappa shape index (κ3) is 1.85. The van der Waals surface area contributed by atoms with Crippen LogP contribution in [0.15, 0.2) is 18.2 Å². The van der Waals surface area contributed by atoms with Crippen molar-refractivity contribution in [2.45, 2.75) is 27.2 Å². The van der Waals surface area contributed by atoms with Crippen LogP contribution in [0.2, 0.25) is 0 Å². The normalized spacial score (nSPS) is 11.2. The molecule has 0 bridgehead atoms. The quantitative estimate of drug-likeness (QED) is 0.802. The fraction of sp³-hybridized carbons (Fsp3) is 0.385. The molecule has 0 unspecified atom stereocenters. The SMILES string of the molecule is CC(=O)c1cccc2c(CC(C)C)[nH]nc12. The standard InChI is InChI=1S/C13H16N2O/c1-8(2)7-12-11-6-4-5-10(9(3)16)13(11)15-14-12/h4-6,8H,7H2,1-3H3,(H,14,15). The van der Waals surface area contributed by atoms with Crippen molar-refractivity contribution in [3.8, 4) is 0 Å². The number of carbonyl (C=O) groups is 1. The average Bonchev–Trinajstić information content (AvgIpc) is 2.60. The minimum absolute atomic E-state index is 0.0631. The van der Waals surface area contributed by atoms with Gasteiger partial charge in [0.05, 0.1) is 0 Å². The van der Waals surface area contributed by atoms with E-state index in [2.05, 4.69) is 24.0 Å². The minimum atomic E-state index is 0.0631. The van der Waals surface area contributed by atoms with E-state index in [1.165, 1.54) is 0 Å². The number of nitrogens with one attached hydrogen (secondary N) is 1. The summed E-state index contributed by atoms with van der Waals surface area (Å²) in [5.41, 5.74) is 2.61. The summed E-state index contributed by atoms with van der Waals surface area (Å²) in [6.45, 7) is 5.91. The van der Waals surface area contributed by atoms with Gasteiger partial charge in [-0.25, -0.2) is 0 Å². The van der Waals surface area contributed by atoms with Crippen LogP contribution in [0.25, 0.3) is 10.9 Å². The fourth-order valence-corrected chi connectivity index (χ4v) is 1.94. The zero-order valence-corrected chi connectivity index (χ0v) is 9.87. The van der Waals surface area contributed by atoms with Crippen molar-refractivity contribution < 1.29 is 4.79 Å². The lowest BCUT2D eigenvalue weighted by molar-refractivity contribution is 0.101. The summed E-state index contributed by atoms with van der Waals surface area (Å²) in [6, 6.07) is 5.76. The van der Waals surface area contributed by atoms with Crippen LogP contribution in [-0.4, -0.2) is 16.0 Å². The Hall–Kier alpha value is -1.64. The predicted molar refractivity (Wildman–Crippen MR) is 64.6 cm³/mol.